The third-order valence-corrected chi connectivity index (χ3v) is 12.3. The zero-order chi connectivity index (χ0) is 28.6. The van der Waals surface area contributed by atoms with Crippen LogP contribution in [0.15, 0.2) is 10.6 Å². The second-order valence-electron chi connectivity index (χ2n) is 13.4. The summed E-state index contributed by atoms with van der Waals surface area (Å²) in [6, 6.07) is 1.85. The third-order valence-electron chi connectivity index (χ3n) is 10.2. The molecular weight excluding hydrogens is 554 g/mol. The first-order valence-electron chi connectivity index (χ1n) is 15.6. The van der Waals surface area contributed by atoms with Crippen LogP contribution in [0.1, 0.15) is 99.2 Å². The molecule has 5 fully saturated rings. The largest absolute Gasteiger partial charge is 0.380 e. The highest BCUT2D eigenvalue weighted by Gasteiger charge is 2.43. The summed E-state index contributed by atoms with van der Waals surface area (Å²) < 4.78 is 66.3. The summed E-state index contributed by atoms with van der Waals surface area (Å²) in [5.74, 6) is -0.970. The van der Waals surface area contributed by atoms with Crippen molar-refractivity contribution in [1.29, 1.82) is 0 Å². The summed E-state index contributed by atoms with van der Waals surface area (Å²) in [7, 11) is -3.40. The summed E-state index contributed by atoms with van der Waals surface area (Å²) in [6.07, 6.45) is 7.94. The van der Waals surface area contributed by atoms with Crippen LogP contribution in [-0.2, 0) is 14.8 Å². The predicted octanol–water partition coefficient (Wildman–Crippen LogP) is 4.06. The first kappa shape index (κ1) is 29.4. The number of carbonyl (C=O) groups is 1. The number of carbonyl (C=O) groups excluding carboxylic acids is 1. The van der Waals surface area contributed by atoms with Crippen LogP contribution in [0.3, 0.4) is 0 Å². The summed E-state index contributed by atoms with van der Waals surface area (Å²) >= 11 is 0. The molecule has 41 heavy (non-hydrogen) atoms. The van der Waals surface area contributed by atoms with E-state index in [-0.39, 0.29) is 54.1 Å². The van der Waals surface area contributed by atoms with Crippen LogP contribution < -0.4 is 10.6 Å². The maximum Gasteiger partial charge on any atom is 0.273 e. The molecule has 3 aliphatic carbocycles. The molecule has 0 spiro atoms. The average Bonchev–Trinajstić information content (AvgIpc) is 3.49. The fraction of sp³-hybridized carbons (Fsp3) is 0.862. The molecule has 2 N–H and O–H groups in total. The van der Waals surface area contributed by atoms with Gasteiger partial charge >= 0.3 is 0 Å². The normalized spacial score (nSPS) is 33.3. The van der Waals surface area contributed by atoms with Crippen LogP contribution in [0.2, 0.25) is 0 Å². The Morgan fingerprint density at radius 3 is 2.44 bits per heavy atom. The Morgan fingerprint density at radius 1 is 1.00 bits per heavy atom. The van der Waals surface area contributed by atoms with E-state index in [4.69, 9.17) is 9.26 Å². The predicted molar refractivity (Wildman–Crippen MR) is 148 cm³/mol. The topological polar surface area (TPSA) is 114 Å². The smallest absolute Gasteiger partial charge is 0.273 e. The molecule has 3 saturated carbocycles. The molecule has 2 aliphatic heterocycles. The van der Waals surface area contributed by atoms with Gasteiger partial charge in [-0.2, -0.15) is 4.31 Å². The number of nitrogens with one attached hydrogen (secondary N) is 2. The lowest BCUT2D eigenvalue weighted by atomic mass is 9.85. The SMILES string of the molecule is O=C(N[C@@H]1CCC2C[C@H](C1)N(S(=O)(=O)CC1CCC(NCC3CCC(F)(F)CC3)CC1)C2)c1cc(C2COC2)on1. The number of sulfonamides is 1. The van der Waals surface area contributed by atoms with E-state index < -0.39 is 15.9 Å². The van der Waals surface area contributed by atoms with Crippen LogP contribution in [0, 0.1) is 17.8 Å². The van der Waals surface area contributed by atoms with Crippen molar-refractivity contribution in [2.24, 2.45) is 17.8 Å². The lowest BCUT2D eigenvalue weighted by molar-refractivity contribution is -0.0457. The highest BCUT2D eigenvalue weighted by molar-refractivity contribution is 7.89. The number of aromatic nitrogens is 1. The number of nitrogens with zero attached hydrogens (tertiary/aromatic N) is 2. The van der Waals surface area contributed by atoms with Gasteiger partial charge in [0.25, 0.3) is 5.91 Å². The Balaban J connectivity index is 0.961. The maximum atomic E-state index is 13.6. The summed E-state index contributed by atoms with van der Waals surface area (Å²) in [5, 5.41) is 10.6. The van der Waals surface area contributed by atoms with E-state index in [2.05, 4.69) is 15.8 Å². The van der Waals surface area contributed by atoms with E-state index in [1.165, 1.54) is 0 Å². The van der Waals surface area contributed by atoms with Crippen LogP contribution in [0.25, 0.3) is 0 Å². The second-order valence-corrected chi connectivity index (χ2v) is 15.3. The minimum absolute atomic E-state index is 0.00553. The molecule has 0 radical (unpaired) electrons. The Bertz CT molecular complexity index is 1160. The standard InChI is InChI=1S/C29H44F2N4O5S/c30-29(31)9-7-19(8-10-29)14-32-23-4-1-20(2-5-23)18-41(37,38)35-15-21-3-6-24(12-25(35)11-21)33-28(36)26-13-27(40-34-26)22-16-39-17-22/h13,19-25,32H,1-12,14-18H2,(H,33,36)/t20?,21?,23?,24-,25-/m1/s1. The van der Waals surface area contributed by atoms with E-state index in [0.29, 0.717) is 62.7 Å². The van der Waals surface area contributed by atoms with Gasteiger partial charge in [-0.25, -0.2) is 17.2 Å². The molecule has 2 bridgehead atoms. The van der Waals surface area contributed by atoms with Gasteiger partial charge in [0.1, 0.15) is 5.76 Å². The number of halogens is 2. The Labute approximate surface area is 241 Å². The van der Waals surface area contributed by atoms with Gasteiger partial charge in [-0.3, -0.25) is 4.79 Å². The lowest BCUT2D eigenvalue weighted by Crippen LogP contribution is -2.45. The Morgan fingerprint density at radius 2 is 1.73 bits per heavy atom. The van der Waals surface area contributed by atoms with Crippen molar-refractivity contribution >= 4 is 15.9 Å². The fourth-order valence-electron chi connectivity index (χ4n) is 7.57. The molecular formula is C29H44F2N4O5S. The molecule has 2 saturated heterocycles. The average molecular weight is 599 g/mol. The molecule has 9 nitrogen and oxygen atoms in total. The van der Waals surface area contributed by atoms with Gasteiger partial charge in [0, 0.05) is 43.6 Å². The minimum Gasteiger partial charge on any atom is -0.380 e. The molecule has 1 aromatic rings. The third kappa shape index (κ3) is 7.13. The van der Waals surface area contributed by atoms with E-state index >= 15 is 0 Å². The Kier molecular flexibility index (Phi) is 8.74. The van der Waals surface area contributed by atoms with Crippen LogP contribution in [0.5, 0.6) is 0 Å². The van der Waals surface area contributed by atoms with Crippen molar-refractivity contribution in [3.05, 3.63) is 17.5 Å². The van der Waals surface area contributed by atoms with E-state index in [9.17, 15) is 22.0 Å². The number of rotatable bonds is 9. The number of hydrogen-bond donors (Lipinski definition) is 2. The van der Waals surface area contributed by atoms with Crippen LogP contribution >= 0.6 is 0 Å². The van der Waals surface area contributed by atoms with Crippen LogP contribution in [0.4, 0.5) is 8.78 Å². The highest BCUT2D eigenvalue weighted by Crippen LogP contribution is 2.38. The maximum absolute atomic E-state index is 13.6. The zero-order valence-corrected chi connectivity index (χ0v) is 24.6. The first-order chi connectivity index (χ1) is 19.6. The minimum atomic E-state index is -3.40. The molecule has 3 heterocycles. The van der Waals surface area contributed by atoms with Crippen LogP contribution in [-0.4, -0.2) is 79.9 Å². The molecule has 1 aromatic heterocycles. The summed E-state index contributed by atoms with van der Waals surface area (Å²) in [5.41, 5.74) is 0.260. The fourth-order valence-corrected chi connectivity index (χ4v) is 9.76. The number of amides is 1. The van der Waals surface area contributed by atoms with Gasteiger partial charge in [0.05, 0.1) is 24.9 Å². The summed E-state index contributed by atoms with van der Waals surface area (Å²) in [4.78, 5) is 12.9. The molecule has 0 aromatic carbocycles. The quantitative estimate of drug-likeness (QED) is 0.441. The van der Waals surface area contributed by atoms with E-state index in [1.807, 2.05) is 0 Å². The number of fused-ring (bicyclic) bond motifs is 2. The van der Waals surface area contributed by atoms with Gasteiger partial charge < -0.3 is 19.9 Å². The van der Waals surface area contributed by atoms with Crippen molar-refractivity contribution in [2.45, 2.75) is 107 Å². The van der Waals surface area contributed by atoms with E-state index in [1.54, 1.807) is 10.4 Å². The number of alkyl halides is 2. The number of ether oxygens (including phenoxy) is 1. The molecule has 6 rings (SSSR count). The van der Waals surface area contributed by atoms with Crippen molar-refractivity contribution < 1.29 is 31.3 Å². The first-order valence-corrected chi connectivity index (χ1v) is 17.2. The lowest BCUT2D eigenvalue weighted by Gasteiger charge is -2.34. The molecule has 1 amide bonds. The van der Waals surface area contributed by atoms with Crippen molar-refractivity contribution in [2.75, 3.05) is 32.1 Å². The molecule has 5 aliphatic rings. The molecule has 1 unspecified atom stereocenters. The van der Waals surface area contributed by atoms with Gasteiger partial charge in [0.2, 0.25) is 15.9 Å². The zero-order valence-electron chi connectivity index (χ0n) is 23.7. The van der Waals surface area contributed by atoms with Gasteiger partial charge in [-0.05, 0) is 88.5 Å². The second kappa shape index (κ2) is 12.2. The molecule has 230 valence electrons. The van der Waals surface area contributed by atoms with Crippen molar-refractivity contribution in [1.82, 2.24) is 20.1 Å². The van der Waals surface area contributed by atoms with Crippen molar-refractivity contribution in [3.8, 4) is 0 Å². The number of hydrogen-bond acceptors (Lipinski definition) is 7. The summed E-state index contributed by atoms with van der Waals surface area (Å²) in [6.45, 7) is 2.53. The molecule has 12 heteroatoms. The Hall–Kier alpha value is -1.63. The van der Waals surface area contributed by atoms with Crippen molar-refractivity contribution in [3.63, 3.8) is 0 Å². The van der Waals surface area contributed by atoms with Gasteiger partial charge in [0.15, 0.2) is 5.69 Å². The van der Waals surface area contributed by atoms with E-state index in [0.717, 1.165) is 51.5 Å². The monoisotopic (exact) mass is 598 g/mol. The highest BCUT2D eigenvalue weighted by atomic mass is 32.2. The van der Waals surface area contributed by atoms with Gasteiger partial charge in [-0.1, -0.05) is 5.16 Å². The molecule has 3 atom stereocenters. The van der Waals surface area contributed by atoms with Gasteiger partial charge in [-0.15, -0.1) is 0 Å².